The van der Waals surface area contributed by atoms with Gasteiger partial charge in [-0.05, 0) is 302 Å². The third-order valence-electron chi connectivity index (χ3n) is 25.6. The summed E-state index contributed by atoms with van der Waals surface area (Å²) in [6.45, 7) is 43.4. The summed E-state index contributed by atoms with van der Waals surface area (Å²) in [6, 6.07) is 35.3. The maximum atomic E-state index is 12.3. The molecule has 8 aromatic rings. The average molecular weight is 1880 g/mol. The number of hydrogen-bond acceptors (Lipinski definition) is 11. The van der Waals surface area contributed by atoms with E-state index in [9.17, 15) is 19.2 Å². The number of rotatable bonds is 28. The van der Waals surface area contributed by atoms with Gasteiger partial charge < -0.3 is 39.5 Å². The van der Waals surface area contributed by atoms with E-state index in [1.54, 1.807) is 115 Å². The molecular weight excluding hydrogens is 1740 g/mol. The molecule has 4 aliphatic carbocycles. The molecule has 4 N–H and O–H groups in total. The highest BCUT2D eigenvalue weighted by molar-refractivity contribution is 6.30. The number of nitrogens with one attached hydrogen (secondary N) is 4. The second-order valence-corrected chi connectivity index (χ2v) is 39.1. The Morgan fingerprint density at radius 2 is 0.647 bits per heavy atom. The van der Waals surface area contributed by atoms with Crippen molar-refractivity contribution < 1.29 is 19.2 Å². The van der Waals surface area contributed by atoms with E-state index in [0.717, 1.165) is 96.0 Å². The molecule has 0 saturated heterocycles. The molecule has 0 radical (unpaired) electrons. The van der Waals surface area contributed by atoms with E-state index in [4.69, 9.17) is 27.4 Å². The zero-order valence-electron chi connectivity index (χ0n) is 84.4. The molecule has 718 valence electrons. The third kappa shape index (κ3) is 33.5. The lowest BCUT2D eigenvalue weighted by atomic mass is 9.71. The first-order chi connectivity index (χ1) is 66.2. The summed E-state index contributed by atoms with van der Waals surface area (Å²) < 4.78 is 8.82. The maximum Gasteiger partial charge on any atom is 0.248 e. The second kappa shape index (κ2) is 51.9. The SMILES string of the molecule is CC1=C(/C=C/C(C)=C/C=C/C(C)=C/C(=O)Nc2ccc(C#N)cc2)C(C)(C)CCC1n1ccnc1.CC1=C(/C=C/C(C)=C/C=C/C(C)=C/C(=O)Nc2ccc(Cl)cc2)C(C)(C)CCC1n1ccnc1.CC1=C(/C=C/C(C)=C/C=C/C(C)=C/C(=O)Nc2cccc(C#N)c2)C(C)(C)CCC1n1ccnc1.CC1=C(/C=C/C(C)=C/C=C/C(C)=C/C(=O)Nc2ccccc2C#N)C(C)(C)CCC1n1ccnc1. The quantitative estimate of drug-likeness (QED) is 0.0265. The maximum absolute atomic E-state index is 12.3. The van der Waals surface area contributed by atoms with Crippen molar-refractivity contribution in [2.24, 2.45) is 21.7 Å². The molecule has 0 fully saturated rings. The van der Waals surface area contributed by atoms with Gasteiger partial charge in [-0.2, -0.15) is 15.8 Å². The fourth-order valence-corrected chi connectivity index (χ4v) is 17.8. The number of halogens is 1. The molecule has 4 aromatic heterocycles. The Kier molecular flexibility index (Phi) is 40.3. The molecule has 12 rings (SSSR count). The van der Waals surface area contributed by atoms with Crippen molar-refractivity contribution in [2.45, 2.75) is 214 Å². The zero-order valence-corrected chi connectivity index (χ0v) is 85.2. The molecule has 4 unspecified atom stereocenters. The number of nitrogens with zero attached hydrogens (tertiary/aromatic N) is 11. The van der Waals surface area contributed by atoms with E-state index in [1.165, 1.54) is 50.7 Å². The minimum atomic E-state index is -0.259. The zero-order chi connectivity index (χ0) is 101. The van der Waals surface area contributed by atoms with Crippen LogP contribution in [0.15, 0.2) is 407 Å². The molecule has 0 saturated carbocycles. The van der Waals surface area contributed by atoms with Crippen LogP contribution in [0.3, 0.4) is 0 Å². The highest BCUT2D eigenvalue weighted by Crippen LogP contribution is 2.49. The number of carbonyl (C=O) groups is 4. The minimum Gasteiger partial charge on any atom is -0.330 e. The van der Waals surface area contributed by atoms with Gasteiger partial charge in [-0.25, -0.2) is 19.9 Å². The number of amides is 4. The Balaban J connectivity index is 0.000000207. The number of allylic oxidation sites excluding steroid dienone is 36. The highest BCUT2D eigenvalue weighted by atomic mass is 35.5. The van der Waals surface area contributed by atoms with Crippen LogP contribution in [-0.4, -0.2) is 61.8 Å². The minimum absolute atomic E-state index is 0.130. The second-order valence-electron chi connectivity index (χ2n) is 38.6. The largest absolute Gasteiger partial charge is 0.330 e. The molecule has 4 aromatic carbocycles. The number of imidazole rings is 4. The van der Waals surface area contributed by atoms with Crippen LogP contribution in [0, 0.1) is 55.7 Å². The van der Waals surface area contributed by atoms with Gasteiger partial charge in [0.15, 0.2) is 0 Å². The number of nitriles is 3. The number of hydrogen-bond donors (Lipinski definition) is 4. The molecule has 4 heterocycles. The van der Waals surface area contributed by atoms with Gasteiger partial charge in [-0.3, -0.25) is 19.2 Å². The van der Waals surface area contributed by atoms with Gasteiger partial charge >= 0.3 is 0 Å². The molecule has 0 spiro atoms. The summed E-state index contributed by atoms with van der Waals surface area (Å²) in [5, 5.41) is 38.8. The Morgan fingerprint density at radius 3 is 0.942 bits per heavy atom. The van der Waals surface area contributed by atoms with Gasteiger partial charge in [0.1, 0.15) is 6.07 Å². The number of carbonyl (C=O) groups excluding carboxylic acids is 4. The summed E-state index contributed by atoms with van der Waals surface area (Å²) in [5.74, 6) is -0.853. The summed E-state index contributed by atoms with van der Waals surface area (Å²) in [6.07, 6.45) is 79.8. The van der Waals surface area contributed by atoms with Crippen LogP contribution in [-0.2, 0) is 19.2 Å². The summed E-state index contributed by atoms with van der Waals surface area (Å²) in [5.41, 5.74) is 23.6. The molecule has 19 nitrogen and oxygen atoms in total. The van der Waals surface area contributed by atoms with E-state index < -0.39 is 0 Å². The van der Waals surface area contributed by atoms with Gasteiger partial charge in [-0.15, -0.1) is 0 Å². The van der Waals surface area contributed by atoms with Crippen molar-refractivity contribution in [1.82, 2.24) is 38.2 Å². The fourth-order valence-electron chi connectivity index (χ4n) is 17.7. The average Bonchev–Trinajstić information content (AvgIpc) is 1.57. The van der Waals surface area contributed by atoms with Crippen LogP contribution in [0.4, 0.5) is 22.7 Å². The summed E-state index contributed by atoms with van der Waals surface area (Å²) >= 11 is 5.88. The van der Waals surface area contributed by atoms with E-state index in [1.807, 2.05) is 163 Å². The first kappa shape index (κ1) is 108. The topological polar surface area (TPSA) is 259 Å². The van der Waals surface area contributed by atoms with Crippen LogP contribution in [0.1, 0.15) is 231 Å². The Morgan fingerprint density at radius 1 is 0.353 bits per heavy atom. The van der Waals surface area contributed by atoms with Crippen LogP contribution in [0.2, 0.25) is 5.02 Å². The van der Waals surface area contributed by atoms with E-state index in [2.05, 4.69) is 249 Å². The van der Waals surface area contributed by atoms with Crippen molar-refractivity contribution in [2.75, 3.05) is 21.3 Å². The van der Waals surface area contributed by atoms with Crippen LogP contribution >= 0.6 is 11.6 Å². The highest BCUT2D eigenvalue weighted by Gasteiger charge is 2.37. The van der Waals surface area contributed by atoms with Crippen LogP contribution in [0.25, 0.3) is 0 Å². The molecule has 4 amide bonds. The molecule has 0 aliphatic heterocycles. The lowest BCUT2D eigenvalue weighted by molar-refractivity contribution is -0.112. The number of benzene rings is 4. The smallest absolute Gasteiger partial charge is 0.248 e. The van der Waals surface area contributed by atoms with Crippen molar-refractivity contribution in [3.05, 3.63) is 429 Å². The first-order valence-electron chi connectivity index (χ1n) is 47.3. The predicted octanol–water partition coefficient (Wildman–Crippen LogP) is 29.1. The first-order valence-corrected chi connectivity index (χ1v) is 47.7. The fraction of sp³-hybridized carbons (Fsp3) is 0.303. The van der Waals surface area contributed by atoms with Gasteiger partial charge in [0, 0.05) is 96.0 Å². The lowest BCUT2D eigenvalue weighted by Crippen LogP contribution is -2.25. The normalized spacial score (nSPS) is 18.9. The Bertz CT molecular complexity index is 6430. The molecular formula is C119H136ClN15O4. The van der Waals surface area contributed by atoms with Crippen LogP contribution < -0.4 is 21.3 Å². The van der Waals surface area contributed by atoms with Crippen LogP contribution in [0.5, 0.6) is 0 Å². The molecule has 4 atom stereocenters. The Hall–Kier alpha value is -14.8. The monoisotopic (exact) mass is 1870 g/mol. The van der Waals surface area contributed by atoms with Crippen molar-refractivity contribution in [3.63, 3.8) is 0 Å². The van der Waals surface area contributed by atoms with E-state index in [-0.39, 0.29) is 45.3 Å². The van der Waals surface area contributed by atoms with Crippen molar-refractivity contribution in [3.8, 4) is 18.2 Å². The number of aromatic nitrogens is 8. The number of anilines is 4. The molecule has 139 heavy (non-hydrogen) atoms. The molecule has 20 heteroatoms. The third-order valence-corrected chi connectivity index (χ3v) is 25.9. The van der Waals surface area contributed by atoms with Crippen molar-refractivity contribution >= 4 is 58.0 Å². The van der Waals surface area contributed by atoms with Gasteiger partial charge in [0.2, 0.25) is 23.6 Å². The van der Waals surface area contributed by atoms with E-state index >= 15 is 0 Å². The molecule has 4 aliphatic rings. The summed E-state index contributed by atoms with van der Waals surface area (Å²) in [4.78, 5) is 65.9. The Labute approximate surface area is 829 Å². The van der Waals surface area contributed by atoms with Gasteiger partial charge in [0.05, 0.1) is 84.0 Å². The molecule has 0 bridgehead atoms. The predicted molar refractivity (Wildman–Crippen MR) is 571 cm³/mol. The van der Waals surface area contributed by atoms with Crippen molar-refractivity contribution in [1.29, 1.82) is 15.8 Å². The number of para-hydroxylation sites is 1. The van der Waals surface area contributed by atoms with Gasteiger partial charge in [0.25, 0.3) is 0 Å². The van der Waals surface area contributed by atoms with Gasteiger partial charge in [-0.1, -0.05) is 229 Å². The standard InChI is InChI=1S/3C30H34N4O.C29H34ClN3O/c1-22(8-6-9-23(2)18-29(35)33-26-11-7-10-25(19-26)20-31)12-13-27-24(3)28(14-15-30(27,4)5)34-17-16-32-21-34;1-22(9-8-10-23(2)19-29(35)33-27-12-7-6-11-25(27)20-31)13-14-26-24(3)28(15-16-30(26,4)5)34-18-17-32-21-34;1-22(7-6-8-23(2)19-29(35)33-26-12-10-25(20-31)11-13-26)9-14-27-24(3)28(15-16-30(27,4)5)34-18-17-32-21-34;1-21(7-6-8-22(2)19-28(34)32-25-12-10-24(30)11-13-25)9-14-26-23(3)27(15-16-29(26,4)5)33-18-17-31-20-33/h6-13,16-19,21,28H,14-15H2,1-5H3,(H,33,35);2*6-14,17-19,21,28H,15-16H2,1-5H3,(H,33,35);6-14,17-20,27H,15-16H2,1-5H3,(H,32,34)/b9-6+,13-12+,22-8+,23-18+;10-8+,14-13+,22-9+,23-19+;8-6+,14-9+,22-7+,23-19+;8-6+,14-9+,21-7+,22-19+. The van der Waals surface area contributed by atoms with E-state index in [0.29, 0.717) is 68.6 Å². The lowest BCUT2D eigenvalue weighted by Gasteiger charge is -2.38. The summed E-state index contributed by atoms with van der Waals surface area (Å²) in [7, 11) is 0.